The molecule has 0 spiro atoms. The molecule has 6 heteroatoms. The highest BCUT2D eigenvalue weighted by atomic mass is 16.3. The van der Waals surface area contributed by atoms with Gasteiger partial charge in [0.1, 0.15) is 5.70 Å². The molecule has 2 aromatic heterocycles. The Hall–Kier alpha value is -3.38. The zero-order valence-electron chi connectivity index (χ0n) is 13.9. The number of hydrogen-bond donors (Lipinski definition) is 2. The maximum Gasteiger partial charge on any atom is 0.277 e. The highest BCUT2D eigenvalue weighted by Gasteiger charge is 2.30. The Morgan fingerprint density at radius 3 is 2.69 bits per heavy atom. The van der Waals surface area contributed by atoms with Crippen LogP contribution in [0, 0.1) is 0 Å². The number of amides is 2. The van der Waals surface area contributed by atoms with Crippen molar-refractivity contribution in [1.82, 2.24) is 9.30 Å². The van der Waals surface area contributed by atoms with Gasteiger partial charge < -0.3 is 14.8 Å². The lowest BCUT2D eigenvalue weighted by atomic mass is 10.1. The maximum atomic E-state index is 12.2. The molecule has 0 atom stereocenters. The number of fused-ring (bicyclic) bond motifs is 1. The first kappa shape index (κ1) is 16.1. The van der Waals surface area contributed by atoms with Gasteiger partial charge in [-0.15, -0.1) is 0 Å². The molecule has 0 fully saturated rings. The van der Waals surface area contributed by atoms with Crippen LogP contribution in [-0.4, -0.2) is 39.4 Å². The van der Waals surface area contributed by atoms with E-state index in [0.717, 1.165) is 27.2 Å². The standard InChI is InChI=1S/C20H17N3O3/c24-9-8-23-19(25)12-18(20(23)26)21-16-5-3-4-14(10-16)15-11-17-6-1-2-7-22(17)13-15/h1-7,10-13,21,24H,8-9H2. The average Bonchev–Trinajstić information content (AvgIpc) is 3.19. The summed E-state index contributed by atoms with van der Waals surface area (Å²) in [7, 11) is 0. The van der Waals surface area contributed by atoms with E-state index in [1.807, 2.05) is 59.3 Å². The second kappa shape index (κ2) is 6.50. The van der Waals surface area contributed by atoms with Crippen LogP contribution in [0.25, 0.3) is 16.6 Å². The number of aliphatic hydroxyl groups excluding tert-OH is 1. The lowest BCUT2D eigenvalue weighted by Crippen LogP contribution is -2.34. The van der Waals surface area contributed by atoms with Gasteiger partial charge in [-0.3, -0.25) is 14.5 Å². The van der Waals surface area contributed by atoms with Crippen LogP contribution in [0.4, 0.5) is 5.69 Å². The predicted octanol–water partition coefficient (Wildman–Crippen LogP) is 2.26. The summed E-state index contributed by atoms with van der Waals surface area (Å²) in [4.78, 5) is 25.1. The molecule has 2 N–H and O–H groups in total. The molecule has 0 saturated carbocycles. The van der Waals surface area contributed by atoms with Crippen molar-refractivity contribution in [1.29, 1.82) is 0 Å². The number of aromatic nitrogens is 1. The molecule has 2 amide bonds. The zero-order valence-corrected chi connectivity index (χ0v) is 13.9. The van der Waals surface area contributed by atoms with E-state index in [1.54, 1.807) is 0 Å². The molecule has 130 valence electrons. The van der Waals surface area contributed by atoms with E-state index >= 15 is 0 Å². The molecular formula is C20H17N3O3. The second-order valence-electron chi connectivity index (χ2n) is 6.04. The van der Waals surface area contributed by atoms with Crippen molar-refractivity contribution in [2.45, 2.75) is 0 Å². The number of aliphatic hydroxyl groups is 1. The molecule has 6 nitrogen and oxygen atoms in total. The summed E-state index contributed by atoms with van der Waals surface area (Å²) in [6, 6.07) is 15.8. The molecule has 3 heterocycles. The summed E-state index contributed by atoms with van der Waals surface area (Å²) in [6.45, 7) is -0.257. The van der Waals surface area contributed by atoms with Crippen molar-refractivity contribution in [3.63, 3.8) is 0 Å². The zero-order chi connectivity index (χ0) is 18.1. The molecule has 0 radical (unpaired) electrons. The first-order valence-corrected chi connectivity index (χ1v) is 8.28. The smallest absolute Gasteiger partial charge is 0.277 e. The van der Waals surface area contributed by atoms with Crippen LogP contribution in [-0.2, 0) is 9.59 Å². The van der Waals surface area contributed by atoms with E-state index in [2.05, 4.69) is 11.4 Å². The van der Waals surface area contributed by atoms with Crippen molar-refractivity contribution in [2.24, 2.45) is 0 Å². The Kier molecular flexibility index (Phi) is 4.02. The van der Waals surface area contributed by atoms with Crippen LogP contribution in [0.2, 0.25) is 0 Å². The lowest BCUT2D eigenvalue weighted by molar-refractivity contribution is -0.137. The quantitative estimate of drug-likeness (QED) is 0.695. The normalized spacial score (nSPS) is 14.2. The van der Waals surface area contributed by atoms with E-state index in [-0.39, 0.29) is 18.8 Å². The number of pyridine rings is 1. The number of nitrogens with zero attached hydrogens (tertiary/aromatic N) is 2. The van der Waals surface area contributed by atoms with Gasteiger partial charge >= 0.3 is 0 Å². The van der Waals surface area contributed by atoms with Crippen LogP contribution in [0.5, 0.6) is 0 Å². The van der Waals surface area contributed by atoms with Crippen molar-refractivity contribution < 1.29 is 14.7 Å². The molecular weight excluding hydrogens is 330 g/mol. The van der Waals surface area contributed by atoms with E-state index in [4.69, 9.17) is 5.11 Å². The molecule has 3 aromatic rings. The van der Waals surface area contributed by atoms with Gasteiger partial charge in [-0.25, -0.2) is 0 Å². The topological polar surface area (TPSA) is 74.1 Å². The third-order valence-corrected chi connectivity index (χ3v) is 4.31. The van der Waals surface area contributed by atoms with Crippen LogP contribution in [0.1, 0.15) is 0 Å². The van der Waals surface area contributed by atoms with Crippen molar-refractivity contribution in [3.8, 4) is 11.1 Å². The van der Waals surface area contributed by atoms with Gasteiger partial charge in [0.05, 0.1) is 13.2 Å². The number of anilines is 1. The number of imide groups is 1. The molecule has 1 aliphatic heterocycles. The first-order valence-electron chi connectivity index (χ1n) is 8.28. The van der Waals surface area contributed by atoms with Gasteiger partial charge in [-0.2, -0.15) is 0 Å². The Morgan fingerprint density at radius 1 is 1.00 bits per heavy atom. The Bertz CT molecular complexity index is 1000. The number of benzene rings is 1. The monoisotopic (exact) mass is 347 g/mol. The van der Waals surface area contributed by atoms with E-state index < -0.39 is 11.8 Å². The fourth-order valence-corrected chi connectivity index (χ4v) is 3.06. The highest BCUT2D eigenvalue weighted by molar-refractivity contribution is 6.17. The summed E-state index contributed by atoms with van der Waals surface area (Å²) >= 11 is 0. The van der Waals surface area contributed by atoms with Crippen molar-refractivity contribution in [2.75, 3.05) is 18.5 Å². The minimum absolute atomic E-state index is 0.00326. The summed E-state index contributed by atoms with van der Waals surface area (Å²) in [5.41, 5.74) is 4.09. The number of hydrogen-bond acceptors (Lipinski definition) is 4. The largest absolute Gasteiger partial charge is 0.395 e. The predicted molar refractivity (Wildman–Crippen MR) is 98.3 cm³/mol. The van der Waals surface area contributed by atoms with Crippen LogP contribution in [0.15, 0.2) is 72.7 Å². The number of nitrogens with one attached hydrogen (secondary N) is 1. The first-order chi connectivity index (χ1) is 12.7. The second-order valence-corrected chi connectivity index (χ2v) is 6.04. The third kappa shape index (κ3) is 2.87. The molecule has 0 bridgehead atoms. The van der Waals surface area contributed by atoms with Gasteiger partial charge in [0.25, 0.3) is 11.8 Å². The van der Waals surface area contributed by atoms with Gasteiger partial charge in [0.15, 0.2) is 0 Å². The molecule has 1 aromatic carbocycles. The fourth-order valence-electron chi connectivity index (χ4n) is 3.06. The molecule has 0 saturated heterocycles. The van der Waals surface area contributed by atoms with Gasteiger partial charge in [0.2, 0.25) is 0 Å². The SMILES string of the molecule is O=C1C=C(Nc2cccc(-c3cc4ccccn4c3)c2)C(=O)N1CCO. The van der Waals surface area contributed by atoms with E-state index in [0.29, 0.717) is 0 Å². The molecule has 0 aliphatic carbocycles. The van der Waals surface area contributed by atoms with Gasteiger partial charge in [-0.1, -0.05) is 18.2 Å². The third-order valence-electron chi connectivity index (χ3n) is 4.31. The minimum atomic E-state index is -0.427. The van der Waals surface area contributed by atoms with Crippen molar-refractivity contribution >= 4 is 23.0 Å². The summed E-state index contributed by atoms with van der Waals surface area (Å²) < 4.78 is 2.05. The molecule has 1 aliphatic rings. The summed E-state index contributed by atoms with van der Waals surface area (Å²) in [5.74, 6) is -0.842. The molecule has 26 heavy (non-hydrogen) atoms. The van der Waals surface area contributed by atoms with Gasteiger partial charge in [0, 0.05) is 35.2 Å². The Labute approximate surface area is 150 Å². The highest BCUT2D eigenvalue weighted by Crippen LogP contribution is 2.26. The lowest BCUT2D eigenvalue weighted by Gasteiger charge is -2.13. The van der Waals surface area contributed by atoms with Crippen molar-refractivity contribution in [3.05, 3.63) is 72.7 Å². The van der Waals surface area contributed by atoms with Gasteiger partial charge in [-0.05, 0) is 35.9 Å². The number of carbonyl (C=O) groups is 2. The fraction of sp³-hybridized carbons (Fsp3) is 0.100. The van der Waals surface area contributed by atoms with Crippen LogP contribution in [0.3, 0.4) is 0 Å². The average molecular weight is 347 g/mol. The summed E-state index contributed by atoms with van der Waals surface area (Å²) in [6.07, 6.45) is 5.29. The maximum absolute atomic E-state index is 12.2. The van der Waals surface area contributed by atoms with E-state index in [1.165, 1.54) is 6.08 Å². The Balaban J connectivity index is 1.59. The van der Waals surface area contributed by atoms with Crippen LogP contribution >= 0.6 is 0 Å². The van der Waals surface area contributed by atoms with E-state index in [9.17, 15) is 9.59 Å². The van der Waals surface area contributed by atoms with Crippen LogP contribution < -0.4 is 5.32 Å². The minimum Gasteiger partial charge on any atom is -0.395 e. The summed E-state index contributed by atoms with van der Waals surface area (Å²) in [5, 5.41) is 12.0. The number of rotatable bonds is 5. The molecule has 0 unspecified atom stereocenters. The Morgan fingerprint density at radius 2 is 1.88 bits per heavy atom. The molecule has 4 rings (SSSR count). The number of carbonyl (C=O) groups excluding carboxylic acids is 2. The number of β-amino-alcohol motifs (C(OH)–C–C–N with tert-alkyl or cyclic N) is 1.